The van der Waals surface area contributed by atoms with Crippen molar-refractivity contribution in [2.45, 2.75) is 18.4 Å². The molecule has 1 heterocycles. The highest BCUT2D eigenvalue weighted by Crippen LogP contribution is 2.19. The van der Waals surface area contributed by atoms with Crippen LogP contribution in [0.25, 0.3) is 6.08 Å². The topological polar surface area (TPSA) is 75.6 Å². The van der Waals surface area contributed by atoms with Crippen molar-refractivity contribution in [2.75, 3.05) is 19.8 Å². The molecule has 2 N–H and O–H groups in total. The van der Waals surface area contributed by atoms with E-state index in [2.05, 4.69) is 4.72 Å². The van der Waals surface area contributed by atoms with Crippen molar-refractivity contribution in [2.24, 2.45) is 0 Å². The minimum absolute atomic E-state index is 0.0103. The first-order valence-electron chi connectivity index (χ1n) is 6.62. The first-order chi connectivity index (χ1) is 9.89. The molecule has 21 heavy (non-hydrogen) atoms. The fourth-order valence-corrected chi connectivity index (χ4v) is 2.98. The Balaban J connectivity index is 1.93. The van der Waals surface area contributed by atoms with Gasteiger partial charge in [0.2, 0.25) is 10.0 Å². The highest BCUT2D eigenvalue weighted by atomic mass is 35.5. The summed E-state index contributed by atoms with van der Waals surface area (Å²) in [6.07, 6.45) is 2.33. The van der Waals surface area contributed by atoms with Crippen molar-refractivity contribution in [3.63, 3.8) is 0 Å². The molecule has 1 fully saturated rings. The van der Waals surface area contributed by atoms with Gasteiger partial charge < -0.3 is 9.84 Å². The first kappa shape index (κ1) is 16.5. The first-order valence-corrected chi connectivity index (χ1v) is 8.54. The highest BCUT2D eigenvalue weighted by Gasteiger charge is 2.30. The molecule has 5 nitrogen and oxygen atoms in total. The normalized spacial score (nSPS) is 19.0. The van der Waals surface area contributed by atoms with E-state index in [1.54, 1.807) is 24.3 Å². The summed E-state index contributed by atoms with van der Waals surface area (Å²) in [5.74, 6) is 0. The van der Waals surface area contributed by atoms with E-state index in [-0.39, 0.29) is 6.54 Å². The second-order valence-electron chi connectivity index (χ2n) is 5.06. The molecule has 116 valence electrons. The summed E-state index contributed by atoms with van der Waals surface area (Å²) in [5.41, 5.74) is -0.297. The molecular formula is C14H18ClNO4S. The van der Waals surface area contributed by atoms with Crippen molar-refractivity contribution in [3.05, 3.63) is 40.3 Å². The summed E-state index contributed by atoms with van der Waals surface area (Å²) in [4.78, 5) is 0. The Morgan fingerprint density at radius 3 is 2.52 bits per heavy atom. The van der Waals surface area contributed by atoms with E-state index in [0.717, 1.165) is 11.0 Å². The summed E-state index contributed by atoms with van der Waals surface area (Å²) in [7, 11) is -3.59. The third-order valence-electron chi connectivity index (χ3n) is 3.34. The number of hydrogen-bond acceptors (Lipinski definition) is 4. The lowest BCUT2D eigenvalue weighted by molar-refractivity contribution is -0.0588. The van der Waals surface area contributed by atoms with Crippen LogP contribution >= 0.6 is 11.6 Å². The fraction of sp³-hybridized carbons (Fsp3) is 0.429. The smallest absolute Gasteiger partial charge is 0.233 e. The van der Waals surface area contributed by atoms with Gasteiger partial charge in [0.1, 0.15) is 0 Å². The van der Waals surface area contributed by atoms with Crippen molar-refractivity contribution < 1.29 is 18.3 Å². The van der Waals surface area contributed by atoms with Crippen LogP contribution in [0, 0.1) is 0 Å². The zero-order valence-corrected chi connectivity index (χ0v) is 13.0. The van der Waals surface area contributed by atoms with Crippen LogP contribution in [-0.2, 0) is 14.8 Å². The maximum atomic E-state index is 11.9. The average molecular weight is 332 g/mol. The van der Waals surface area contributed by atoms with Gasteiger partial charge in [-0.05, 0) is 23.8 Å². The number of rotatable bonds is 5. The molecule has 1 saturated heterocycles. The van der Waals surface area contributed by atoms with Gasteiger partial charge in [-0.2, -0.15) is 0 Å². The van der Waals surface area contributed by atoms with Gasteiger partial charge in [0.25, 0.3) is 0 Å². The Hall–Kier alpha value is -0.920. The van der Waals surface area contributed by atoms with Crippen LogP contribution < -0.4 is 4.72 Å². The van der Waals surface area contributed by atoms with Crippen LogP contribution in [0.3, 0.4) is 0 Å². The molecule has 0 unspecified atom stereocenters. The Bertz CT molecular complexity index is 592. The molecule has 1 aliphatic heterocycles. The maximum Gasteiger partial charge on any atom is 0.233 e. The molecule has 0 bridgehead atoms. The molecule has 0 saturated carbocycles. The number of benzene rings is 1. The number of nitrogens with one attached hydrogen (secondary N) is 1. The van der Waals surface area contributed by atoms with E-state index in [0.29, 0.717) is 31.1 Å². The lowest BCUT2D eigenvalue weighted by atomic mass is 9.95. The predicted molar refractivity (Wildman–Crippen MR) is 82.4 cm³/mol. The van der Waals surface area contributed by atoms with Crippen LogP contribution in [0.4, 0.5) is 0 Å². The van der Waals surface area contributed by atoms with Crippen molar-refractivity contribution in [1.82, 2.24) is 4.72 Å². The highest BCUT2D eigenvalue weighted by molar-refractivity contribution is 7.92. The summed E-state index contributed by atoms with van der Waals surface area (Å²) in [6, 6.07) is 6.82. The van der Waals surface area contributed by atoms with Gasteiger partial charge in [-0.3, -0.25) is 0 Å². The van der Waals surface area contributed by atoms with Crippen LogP contribution in [0.2, 0.25) is 5.02 Å². The molecule has 0 atom stereocenters. The molecule has 1 aliphatic rings. The standard InChI is InChI=1S/C14H18ClNO4S/c15-13-3-1-12(2-4-13)5-10-21(18,19)16-11-14(17)6-8-20-9-7-14/h1-5,10,16-17H,6-9,11H2/b10-5+. The van der Waals surface area contributed by atoms with Crippen LogP contribution in [-0.4, -0.2) is 38.9 Å². The van der Waals surface area contributed by atoms with E-state index in [4.69, 9.17) is 16.3 Å². The molecule has 1 aromatic rings. The fourth-order valence-electron chi connectivity index (χ4n) is 1.95. The largest absolute Gasteiger partial charge is 0.388 e. The van der Waals surface area contributed by atoms with Gasteiger partial charge >= 0.3 is 0 Å². The molecule has 7 heteroatoms. The molecule has 1 aromatic carbocycles. The predicted octanol–water partition coefficient (Wildman–Crippen LogP) is 1.77. The summed E-state index contributed by atoms with van der Waals surface area (Å²) in [5, 5.41) is 11.9. The SMILES string of the molecule is O=S(=O)(/C=C/c1ccc(Cl)cc1)NCC1(O)CCOCC1. The summed E-state index contributed by atoms with van der Waals surface area (Å²) < 4.78 is 31.3. The van der Waals surface area contributed by atoms with Crippen molar-refractivity contribution in [3.8, 4) is 0 Å². The van der Waals surface area contributed by atoms with Gasteiger partial charge in [-0.15, -0.1) is 0 Å². The lowest BCUT2D eigenvalue weighted by Crippen LogP contribution is -2.46. The van der Waals surface area contributed by atoms with Gasteiger partial charge in [-0.25, -0.2) is 13.1 Å². The quantitative estimate of drug-likeness (QED) is 0.862. The van der Waals surface area contributed by atoms with Crippen LogP contribution in [0.15, 0.2) is 29.7 Å². The van der Waals surface area contributed by atoms with Gasteiger partial charge in [0.15, 0.2) is 0 Å². The van der Waals surface area contributed by atoms with E-state index in [1.165, 1.54) is 6.08 Å². The second kappa shape index (κ2) is 6.89. The average Bonchev–Trinajstić information content (AvgIpc) is 2.46. The number of halogens is 1. The van der Waals surface area contributed by atoms with E-state index in [9.17, 15) is 13.5 Å². The zero-order valence-electron chi connectivity index (χ0n) is 11.5. The second-order valence-corrected chi connectivity index (χ2v) is 7.14. The van der Waals surface area contributed by atoms with E-state index < -0.39 is 15.6 Å². The van der Waals surface area contributed by atoms with E-state index >= 15 is 0 Å². The molecule has 0 aromatic heterocycles. The molecule has 2 rings (SSSR count). The summed E-state index contributed by atoms with van der Waals surface area (Å²) in [6.45, 7) is 0.876. The third-order valence-corrected chi connectivity index (χ3v) is 4.63. The Kier molecular flexibility index (Phi) is 5.40. The minimum Gasteiger partial charge on any atom is -0.388 e. The van der Waals surface area contributed by atoms with Gasteiger partial charge in [0.05, 0.1) is 5.60 Å². The molecule has 0 aliphatic carbocycles. The number of aliphatic hydroxyl groups is 1. The summed E-state index contributed by atoms with van der Waals surface area (Å²) >= 11 is 5.76. The van der Waals surface area contributed by atoms with E-state index in [1.807, 2.05) is 0 Å². The Labute approximate surface area is 129 Å². The molecule has 0 spiro atoms. The number of ether oxygens (including phenoxy) is 1. The Morgan fingerprint density at radius 2 is 1.90 bits per heavy atom. The van der Waals surface area contributed by atoms with Crippen LogP contribution in [0.5, 0.6) is 0 Å². The lowest BCUT2D eigenvalue weighted by Gasteiger charge is -2.31. The zero-order chi connectivity index (χ0) is 15.3. The molecule has 0 amide bonds. The third kappa shape index (κ3) is 5.41. The number of sulfonamides is 1. The maximum absolute atomic E-state index is 11.9. The minimum atomic E-state index is -3.59. The van der Waals surface area contributed by atoms with Gasteiger partial charge in [0, 0.05) is 43.0 Å². The monoisotopic (exact) mass is 331 g/mol. The molecular weight excluding hydrogens is 314 g/mol. The van der Waals surface area contributed by atoms with Gasteiger partial charge in [-0.1, -0.05) is 23.7 Å². The van der Waals surface area contributed by atoms with Crippen LogP contribution in [0.1, 0.15) is 18.4 Å². The molecule has 0 radical (unpaired) electrons. The van der Waals surface area contributed by atoms with Crippen molar-refractivity contribution >= 4 is 27.7 Å². The Morgan fingerprint density at radius 1 is 1.29 bits per heavy atom. The number of hydrogen-bond donors (Lipinski definition) is 2. The van der Waals surface area contributed by atoms with Crippen molar-refractivity contribution in [1.29, 1.82) is 0 Å².